The third kappa shape index (κ3) is 3.94. The van der Waals surface area contributed by atoms with Crippen LogP contribution < -0.4 is 5.73 Å². The van der Waals surface area contributed by atoms with Crippen molar-refractivity contribution in [1.82, 2.24) is 9.97 Å². The molecule has 0 unspecified atom stereocenters. The number of aromatic nitrogens is 2. The molecule has 0 spiro atoms. The summed E-state index contributed by atoms with van der Waals surface area (Å²) in [5, 5.41) is 9.58. The number of allylic oxidation sites excluding steroid dienone is 3. The quantitative estimate of drug-likeness (QED) is 0.578. The standard InChI is InChI=1S/C20H20ClN3O2/c1-3-12(11(2)17-10-18(21)24-20(22)23-17)8-15-9-14(19(25)26)6-7-16(15)13-4-5-13/h3,6-7,9-10,13H,2,4-5,8H2,1H3,(H,25,26)(H2,22,23,24)/b12-3-. The van der Waals surface area contributed by atoms with E-state index < -0.39 is 5.97 Å². The van der Waals surface area contributed by atoms with Crippen LogP contribution in [0.5, 0.6) is 0 Å². The Balaban J connectivity index is 1.94. The van der Waals surface area contributed by atoms with Crippen LogP contribution in [0.2, 0.25) is 5.15 Å². The zero-order valence-electron chi connectivity index (χ0n) is 14.5. The van der Waals surface area contributed by atoms with Gasteiger partial charge in [-0.1, -0.05) is 30.3 Å². The highest BCUT2D eigenvalue weighted by Crippen LogP contribution is 2.42. The molecule has 3 rings (SSSR count). The Morgan fingerprint density at radius 2 is 2.12 bits per heavy atom. The van der Waals surface area contributed by atoms with Gasteiger partial charge in [0.2, 0.25) is 5.95 Å². The first-order valence-electron chi connectivity index (χ1n) is 8.40. The number of nitrogens with zero attached hydrogens (tertiary/aromatic N) is 2. The van der Waals surface area contributed by atoms with Crippen LogP contribution in [0.4, 0.5) is 5.95 Å². The van der Waals surface area contributed by atoms with Crippen molar-refractivity contribution in [1.29, 1.82) is 0 Å². The number of hydrogen-bond acceptors (Lipinski definition) is 4. The maximum Gasteiger partial charge on any atom is 0.335 e. The summed E-state index contributed by atoms with van der Waals surface area (Å²) in [5.41, 5.74) is 10.4. The van der Waals surface area contributed by atoms with E-state index in [0.717, 1.165) is 24.0 Å². The molecule has 0 radical (unpaired) electrons. The summed E-state index contributed by atoms with van der Waals surface area (Å²) < 4.78 is 0. The van der Waals surface area contributed by atoms with E-state index in [1.807, 2.05) is 19.1 Å². The molecule has 1 aromatic heterocycles. The Bertz CT molecular complexity index is 897. The van der Waals surface area contributed by atoms with Crippen molar-refractivity contribution in [3.8, 4) is 0 Å². The zero-order valence-corrected chi connectivity index (χ0v) is 15.3. The molecule has 134 valence electrons. The molecule has 1 aliphatic rings. The van der Waals surface area contributed by atoms with Gasteiger partial charge in [-0.15, -0.1) is 0 Å². The number of nitrogens with two attached hydrogens (primary N) is 1. The average Bonchev–Trinajstić information content (AvgIpc) is 3.43. The molecule has 1 heterocycles. The number of hydrogen-bond donors (Lipinski definition) is 2. The minimum atomic E-state index is -0.926. The lowest BCUT2D eigenvalue weighted by Crippen LogP contribution is -2.04. The summed E-state index contributed by atoms with van der Waals surface area (Å²) in [6, 6.07) is 6.99. The van der Waals surface area contributed by atoms with E-state index in [4.69, 9.17) is 17.3 Å². The third-order valence-electron chi connectivity index (χ3n) is 4.55. The molecule has 1 aliphatic carbocycles. The van der Waals surface area contributed by atoms with E-state index in [1.165, 1.54) is 5.56 Å². The van der Waals surface area contributed by atoms with Crippen molar-refractivity contribution in [2.24, 2.45) is 0 Å². The van der Waals surface area contributed by atoms with Gasteiger partial charge >= 0.3 is 5.97 Å². The number of nitrogen functional groups attached to an aromatic ring is 1. The minimum absolute atomic E-state index is 0.0932. The largest absolute Gasteiger partial charge is 0.478 e. The summed E-state index contributed by atoms with van der Waals surface area (Å²) in [6.45, 7) is 6.05. The Hall–Kier alpha value is -2.66. The van der Waals surface area contributed by atoms with Gasteiger partial charge in [0.15, 0.2) is 0 Å². The molecule has 0 amide bonds. The highest BCUT2D eigenvalue weighted by Gasteiger charge is 2.27. The van der Waals surface area contributed by atoms with E-state index in [0.29, 0.717) is 29.2 Å². The molecule has 3 N–H and O–H groups in total. The monoisotopic (exact) mass is 369 g/mol. The predicted octanol–water partition coefficient (Wildman–Crippen LogP) is 4.49. The zero-order chi connectivity index (χ0) is 18.8. The number of carboxylic acids is 1. The van der Waals surface area contributed by atoms with Crippen LogP contribution in [0.15, 0.2) is 42.5 Å². The van der Waals surface area contributed by atoms with E-state index in [-0.39, 0.29) is 11.1 Å². The van der Waals surface area contributed by atoms with E-state index in [9.17, 15) is 9.90 Å². The number of benzene rings is 1. The van der Waals surface area contributed by atoms with Gasteiger partial charge in [-0.3, -0.25) is 0 Å². The third-order valence-corrected chi connectivity index (χ3v) is 4.74. The molecule has 6 heteroatoms. The first-order chi connectivity index (χ1) is 12.4. The van der Waals surface area contributed by atoms with Gasteiger partial charge in [0.25, 0.3) is 0 Å². The molecule has 0 atom stereocenters. The van der Waals surface area contributed by atoms with Crippen LogP contribution in [-0.4, -0.2) is 21.0 Å². The molecule has 26 heavy (non-hydrogen) atoms. The maximum atomic E-state index is 11.4. The van der Waals surface area contributed by atoms with Crippen LogP contribution in [0, 0.1) is 0 Å². The molecule has 2 aromatic rings. The van der Waals surface area contributed by atoms with Crippen LogP contribution in [-0.2, 0) is 6.42 Å². The van der Waals surface area contributed by atoms with Crippen LogP contribution in [0.25, 0.3) is 5.57 Å². The average molecular weight is 370 g/mol. The molecular weight excluding hydrogens is 350 g/mol. The molecule has 5 nitrogen and oxygen atoms in total. The topological polar surface area (TPSA) is 89.1 Å². The van der Waals surface area contributed by atoms with Crippen LogP contribution in [0.3, 0.4) is 0 Å². The smallest absolute Gasteiger partial charge is 0.335 e. The van der Waals surface area contributed by atoms with Gasteiger partial charge in [0, 0.05) is 6.07 Å². The minimum Gasteiger partial charge on any atom is -0.478 e. The van der Waals surface area contributed by atoms with E-state index in [2.05, 4.69) is 16.5 Å². The SMILES string of the molecule is C=C(/C(=C\C)Cc1cc(C(=O)O)ccc1C1CC1)c1cc(Cl)nc(N)n1. The Labute approximate surface area is 157 Å². The second-order valence-corrected chi connectivity index (χ2v) is 6.78. The summed E-state index contributed by atoms with van der Waals surface area (Å²) in [4.78, 5) is 19.4. The molecule has 1 aromatic carbocycles. The summed E-state index contributed by atoms with van der Waals surface area (Å²) in [6.07, 6.45) is 4.82. The van der Waals surface area contributed by atoms with Crippen molar-refractivity contribution in [2.75, 3.05) is 5.73 Å². The lowest BCUT2D eigenvalue weighted by molar-refractivity contribution is 0.0696. The fourth-order valence-corrected chi connectivity index (χ4v) is 3.22. The fraction of sp³-hybridized carbons (Fsp3) is 0.250. The molecule has 0 bridgehead atoms. The Kier molecular flexibility index (Phi) is 5.09. The molecule has 1 fully saturated rings. The number of carboxylic acid groups (broad SMARTS) is 1. The summed E-state index contributed by atoms with van der Waals surface area (Å²) in [5.74, 6) is -0.316. The van der Waals surface area contributed by atoms with Crippen molar-refractivity contribution in [2.45, 2.75) is 32.1 Å². The van der Waals surface area contributed by atoms with Gasteiger partial charge in [-0.05, 0) is 66.5 Å². The van der Waals surface area contributed by atoms with Crippen molar-refractivity contribution >= 4 is 29.1 Å². The molecule has 0 saturated heterocycles. The van der Waals surface area contributed by atoms with Crippen LogP contribution >= 0.6 is 11.6 Å². The van der Waals surface area contributed by atoms with E-state index in [1.54, 1.807) is 18.2 Å². The van der Waals surface area contributed by atoms with E-state index >= 15 is 0 Å². The van der Waals surface area contributed by atoms with Gasteiger partial charge in [0.1, 0.15) is 5.15 Å². The second kappa shape index (κ2) is 7.30. The predicted molar refractivity (Wildman–Crippen MR) is 103 cm³/mol. The highest BCUT2D eigenvalue weighted by molar-refractivity contribution is 6.29. The molecular formula is C20H20ClN3O2. The lowest BCUT2D eigenvalue weighted by Gasteiger charge is -2.15. The molecule has 1 saturated carbocycles. The number of anilines is 1. The fourth-order valence-electron chi connectivity index (χ4n) is 3.03. The van der Waals surface area contributed by atoms with Gasteiger partial charge in [-0.2, -0.15) is 0 Å². The number of aromatic carboxylic acids is 1. The maximum absolute atomic E-state index is 11.4. The lowest BCUT2D eigenvalue weighted by atomic mass is 9.91. The number of rotatable bonds is 6. The highest BCUT2D eigenvalue weighted by atomic mass is 35.5. The number of halogens is 1. The Morgan fingerprint density at radius 3 is 2.69 bits per heavy atom. The van der Waals surface area contributed by atoms with Gasteiger partial charge in [0.05, 0.1) is 11.3 Å². The first kappa shape index (κ1) is 18.1. The number of carbonyl (C=O) groups is 1. The van der Waals surface area contributed by atoms with Crippen molar-refractivity contribution < 1.29 is 9.90 Å². The van der Waals surface area contributed by atoms with Crippen LogP contribution in [0.1, 0.15) is 52.9 Å². The van der Waals surface area contributed by atoms with Crippen molar-refractivity contribution in [3.63, 3.8) is 0 Å². The molecule has 0 aliphatic heterocycles. The summed E-state index contributed by atoms with van der Waals surface area (Å²) in [7, 11) is 0. The van der Waals surface area contributed by atoms with Gasteiger partial charge < -0.3 is 10.8 Å². The summed E-state index contributed by atoms with van der Waals surface area (Å²) >= 11 is 5.98. The first-order valence-corrected chi connectivity index (χ1v) is 8.78. The van der Waals surface area contributed by atoms with Gasteiger partial charge in [-0.25, -0.2) is 14.8 Å². The second-order valence-electron chi connectivity index (χ2n) is 6.40. The Morgan fingerprint density at radius 1 is 1.38 bits per heavy atom. The van der Waals surface area contributed by atoms with Crippen molar-refractivity contribution in [3.05, 3.63) is 70.0 Å². The normalized spacial score (nSPS) is 14.3.